The molecule has 1 aromatic heterocycles. The number of nitrogens with one attached hydrogen (secondary N) is 1. The lowest BCUT2D eigenvalue weighted by atomic mass is 10.2. The number of ether oxygens (including phenoxy) is 1. The average Bonchev–Trinajstić information content (AvgIpc) is 3.21. The van der Waals surface area contributed by atoms with Crippen LogP contribution in [0.25, 0.3) is 0 Å². The third kappa shape index (κ3) is 3.40. The lowest BCUT2D eigenvalue weighted by molar-refractivity contribution is 0.0694. The minimum absolute atomic E-state index is 0.123. The molecule has 0 saturated carbocycles. The van der Waals surface area contributed by atoms with Crippen molar-refractivity contribution in [1.82, 2.24) is 15.1 Å². The minimum Gasteiger partial charge on any atom is -0.487 e. The summed E-state index contributed by atoms with van der Waals surface area (Å²) in [5.74, 6) is -0.238. The van der Waals surface area contributed by atoms with E-state index in [2.05, 4.69) is 10.2 Å². The molecule has 2 aromatic rings. The molecule has 0 aliphatic carbocycles. The summed E-state index contributed by atoms with van der Waals surface area (Å²) in [6, 6.07) is 7.10. The van der Waals surface area contributed by atoms with Crippen molar-refractivity contribution in [2.45, 2.75) is 12.6 Å². The predicted octanol–water partition coefficient (Wildman–Crippen LogP) is 1.50. The summed E-state index contributed by atoms with van der Waals surface area (Å²) in [4.78, 5) is 13.9. The second-order valence-electron chi connectivity index (χ2n) is 5.16. The number of nitrogens with zero attached hydrogens (tertiary/aromatic N) is 2. The third-order valence-corrected chi connectivity index (χ3v) is 3.55. The number of hydrogen-bond acceptors (Lipinski definition) is 4. The van der Waals surface area contributed by atoms with Crippen molar-refractivity contribution in [2.75, 3.05) is 13.2 Å². The van der Waals surface area contributed by atoms with E-state index in [0.717, 1.165) is 0 Å². The highest BCUT2D eigenvalue weighted by Gasteiger charge is 2.26. The van der Waals surface area contributed by atoms with Crippen LogP contribution in [0.4, 0.5) is 4.39 Å². The number of aliphatic hydroxyl groups is 1. The van der Waals surface area contributed by atoms with Gasteiger partial charge in [0.1, 0.15) is 18.2 Å². The van der Waals surface area contributed by atoms with Gasteiger partial charge in [0.2, 0.25) is 0 Å². The van der Waals surface area contributed by atoms with E-state index in [4.69, 9.17) is 4.74 Å². The van der Waals surface area contributed by atoms with Gasteiger partial charge in [-0.1, -0.05) is 18.2 Å². The topological polar surface area (TPSA) is 78.5 Å². The monoisotopic (exact) mass is 317 g/mol. The van der Waals surface area contributed by atoms with Gasteiger partial charge in [-0.25, -0.2) is 4.39 Å². The molecular weight excluding hydrogens is 301 g/mol. The summed E-state index contributed by atoms with van der Waals surface area (Å²) in [6.07, 6.45) is 3.62. The molecule has 1 atom stereocenters. The van der Waals surface area contributed by atoms with Crippen molar-refractivity contribution in [3.8, 4) is 5.75 Å². The molecule has 1 aromatic carbocycles. The molecule has 1 aliphatic rings. The smallest absolute Gasteiger partial charge is 0.275 e. The number of aromatic amines is 1. The molecule has 2 heterocycles. The predicted molar refractivity (Wildman–Crippen MR) is 80.4 cm³/mol. The number of hydrogen-bond donors (Lipinski definition) is 2. The number of halogens is 1. The van der Waals surface area contributed by atoms with Crippen molar-refractivity contribution in [1.29, 1.82) is 0 Å². The second kappa shape index (κ2) is 6.62. The molecule has 0 spiro atoms. The van der Waals surface area contributed by atoms with Crippen molar-refractivity contribution < 1.29 is 19.0 Å². The van der Waals surface area contributed by atoms with Crippen molar-refractivity contribution in [2.24, 2.45) is 0 Å². The quantitative estimate of drug-likeness (QED) is 0.819. The number of carbonyl (C=O) groups is 1. The third-order valence-electron chi connectivity index (χ3n) is 3.55. The van der Waals surface area contributed by atoms with Gasteiger partial charge < -0.3 is 14.7 Å². The molecule has 0 bridgehead atoms. The van der Waals surface area contributed by atoms with Gasteiger partial charge in [0, 0.05) is 12.6 Å². The van der Waals surface area contributed by atoms with E-state index in [1.165, 1.54) is 17.0 Å². The Morgan fingerprint density at radius 3 is 3.13 bits per heavy atom. The fraction of sp³-hybridized carbons (Fsp3) is 0.250. The van der Waals surface area contributed by atoms with Crippen LogP contribution in [-0.4, -0.2) is 45.3 Å². The number of rotatable bonds is 5. The SMILES string of the molecule is O=C(c1cc(COc2cccc(F)c2)[nH]n1)N1CC=C[C@H]1CO. The van der Waals surface area contributed by atoms with Gasteiger partial charge in [-0.2, -0.15) is 5.10 Å². The highest BCUT2D eigenvalue weighted by Crippen LogP contribution is 2.16. The van der Waals surface area contributed by atoms with Gasteiger partial charge in [0.15, 0.2) is 5.69 Å². The number of benzene rings is 1. The summed E-state index contributed by atoms with van der Waals surface area (Å²) in [7, 11) is 0. The molecule has 1 aliphatic heterocycles. The first-order valence-corrected chi connectivity index (χ1v) is 7.18. The maximum absolute atomic E-state index is 13.1. The van der Waals surface area contributed by atoms with E-state index in [1.807, 2.05) is 6.08 Å². The summed E-state index contributed by atoms with van der Waals surface area (Å²) in [5.41, 5.74) is 0.857. The fourth-order valence-corrected chi connectivity index (χ4v) is 2.37. The van der Waals surface area contributed by atoms with Crippen LogP contribution in [0.2, 0.25) is 0 Å². The van der Waals surface area contributed by atoms with Crippen LogP contribution in [-0.2, 0) is 6.61 Å². The maximum Gasteiger partial charge on any atom is 0.275 e. The van der Waals surface area contributed by atoms with Crippen LogP contribution in [0.5, 0.6) is 5.75 Å². The fourth-order valence-electron chi connectivity index (χ4n) is 2.37. The Morgan fingerprint density at radius 1 is 1.48 bits per heavy atom. The molecular formula is C16H16FN3O3. The Labute approximate surface area is 132 Å². The van der Waals surface area contributed by atoms with Crippen LogP contribution in [0.15, 0.2) is 42.5 Å². The number of aliphatic hydroxyl groups excluding tert-OH is 1. The average molecular weight is 317 g/mol. The molecule has 0 saturated heterocycles. The first-order chi connectivity index (χ1) is 11.2. The summed E-state index contributed by atoms with van der Waals surface area (Å²) >= 11 is 0. The van der Waals surface area contributed by atoms with Gasteiger partial charge in [-0.15, -0.1) is 0 Å². The molecule has 0 radical (unpaired) electrons. The molecule has 3 rings (SSSR count). The highest BCUT2D eigenvalue weighted by atomic mass is 19.1. The Balaban J connectivity index is 1.63. The second-order valence-corrected chi connectivity index (χ2v) is 5.16. The number of H-pyrrole nitrogens is 1. The first kappa shape index (κ1) is 15.2. The van der Waals surface area contributed by atoms with Gasteiger partial charge >= 0.3 is 0 Å². The van der Waals surface area contributed by atoms with Gasteiger partial charge in [-0.3, -0.25) is 9.89 Å². The summed E-state index contributed by atoms with van der Waals surface area (Å²) in [5, 5.41) is 16.0. The van der Waals surface area contributed by atoms with Crippen LogP contribution >= 0.6 is 0 Å². The van der Waals surface area contributed by atoms with E-state index in [9.17, 15) is 14.3 Å². The molecule has 2 N–H and O–H groups in total. The number of amides is 1. The van der Waals surface area contributed by atoms with Crippen molar-refractivity contribution in [3.63, 3.8) is 0 Å². The molecule has 1 amide bonds. The van der Waals surface area contributed by atoms with Crippen molar-refractivity contribution in [3.05, 3.63) is 59.7 Å². The molecule has 23 heavy (non-hydrogen) atoms. The Hall–Kier alpha value is -2.67. The van der Waals surface area contributed by atoms with Crippen LogP contribution in [0.1, 0.15) is 16.2 Å². The number of carbonyl (C=O) groups excluding carboxylic acids is 1. The Bertz CT molecular complexity index is 729. The Kier molecular flexibility index (Phi) is 4.38. The van der Waals surface area contributed by atoms with Crippen molar-refractivity contribution >= 4 is 5.91 Å². The highest BCUT2D eigenvalue weighted by molar-refractivity contribution is 5.93. The summed E-state index contributed by atoms with van der Waals surface area (Å²) in [6.45, 7) is 0.472. The van der Waals surface area contributed by atoms with E-state index in [1.54, 1.807) is 24.3 Å². The molecule has 0 fully saturated rings. The minimum atomic E-state index is -0.375. The van der Waals surface area contributed by atoms with Crippen LogP contribution < -0.4 is 4.74 Å². The zero-order valence-corrected chi connectivity index (χ0v) is 12.3. The van der Waals surface area contributed by atoms with Gasteiger partial charge in [-0.05, 0) is 18.2 Å². The first-order valence-electron chi connectivity index (χ1n) is 7.18. The van der Waals surface area contributed by atoms with Crippen LogP contribution in [0.3, 0.4) is 0 Å². The maximum atomic E-state index is 13.1. The number of aromatic nitrogens is 2. The Morgan fingerprint density at radius 2 is 2.35 bits per heavy atom. The molecule has 7 heteroatoms. The molecule has 6 nitrogen and oxygen atoms in total. The van der Waals surface area contributed by atoms with Crippen LogP contribution in [0, 0.1) is 5.82 Å². The standard InChI is InChI=1S/C16H16FN3O3/c17-11-3-1-5-14(7-11)23-10-12-8-15(19-18-12)16(22)20-6-2-4-13(20)9-21/h1-5,7-8,13,21H,6,9-10H2,(H,18,19)/t13-/m0/s1. The molecule has 0 unspecified atom stereocenters. The van der Waals surface area contributed by atoms with E-state index >= 15 is 0 Å². The van der Waals surface area contributed by atoms with E-state index < -0.39 is 0 Å². The van der Waals surface area contributed by atoms with Gasteiger partial charge in [0.05, 0.1) is 18.3 Å². The zero-order valence-electron chi connectivity index (χ0n) is 12.3. The zero-order chi connectivity index (χ0) is 16.2. The van der Waals surface area contributed by atoms with E-state index in [0.29, 0.717) is 18.0 Å². The normalized spacial score (nSPS) is 16.8. The lowest BCUT2D eigenvalue weighted by Crippen LogP contribution is -2.38. The molecule has 120 valence electrons. The lowest BCUT2D eigenvalue weighted by Gasteiger charge is -2.21. The summed E-state index contributed by atoms with van der Waals surface area (Å²) < 4.78 is 18.5. The van der Waals surface area contributed by atoms with E-state index in [-0.39, 0.29) is 36.7 Å². The van der Waals surface area contributed by atoms with Gasteiger partial charge in [0.25, 0.3) is 5.91 Å². The largest absolute Gasteiger partial charge is 0.487 e.